The molecule has 1 aliphatic rings. The Balaban J connectivity index is 2.01. The lowest BCUT2D eigenvalue weighted by atomic mass is 10.1. The first-order valence-electron chi connectivity index (χ1n) is 7.17. The van der Waals surface area contributed by atoms with Crippen LogP contribution in [0.3, 0.4) is 0 Å². The van der Waals surface area contributed by atoms with Gasteiger partial charge in [-0.2, -0.15) is 0 Å². The molecule has 1 saturated heterocycles. The topological polar surface area (TPSA) is 53.0 Å². The van der Waals surface area contributed by atoms with E-state index in [1.165, 1.54) is 0 Å². The largest absolute Gasteiger partial charge is 0.450 e. The van der Waals surface area contributed by atoms with Gasteiger partial charge in [-0.1, -0.05) is 17.7 Å². The highest BCUT2D eigenvalue weighted by molar-refractivity contribution is 6.33. The number of carbonyl (C=O) groups is 1. The zero-order valence-corrected chi connectivity index (χ0v) is 13.1. The average Bonchev–Trinajstić information content (AvgIpc) is 2.47. The minimum absolute atomic E-state index is 0.257. The zero-order valence-electron chi connectivity index (χ0n) is 12.4. The van der Waals surface area contributed by atoms with E-state index in [1.54, 1.807) is 24.8 Å². The van der Waals surface area contributed by atoms with Crippen LogP contribution in [-0.2, 0) is 4.74 Å². The Morgan fingerprint density at radius 1 is 1.38 bits per heavy atom. The molecule has 0 spiro atoms. The first kappa shape index (κ1) is 15.9. The summed E-state index contributed by atoms with van der Waals surface area (Å²) >= 11 is 6.30. The van der Waals surface area contributed by atoms with Crippen LogP contribution in [0.4, 0.5) is 10.5 Å². The second kappa shape index (κ2) is 7.00. The number of halogens is 1. The summed E-state index contributed by atoms with van der Waals surface area (Å²) < 4.78 is 5.00. The Kier molecular flexibility index (Phi) is 5.31. The first-order valence-corrected chi connectivity index (χ1v) is 7.55. The minimum Gasteiger partial charge on any atom is -0.450 e. The van der Waals surface area contributed by atoms with Crippen molar-refractivity contribution in [3.05, 3.63) is 28.8 Å². The third kappa shape index (κ3) is 3.80. The standard InChI is InChI=1S/C15H21ClN2O3/c1-3-21-15(20)18-8-6-17(7-9-18)14-5-4-12(11(2)19)10-13(14)16/h4-5,10-11,19H,3,6-9H2,1-2H3. The van der Waals surface area contributed by atoms with Crippen molar-refractivity contribution >= 4 is 23.4 Å². The summed E-state index contributed by atoms with van der Waals surface area (Å²) in [7, 11) is 0. The smallest absolute Gasteiger partial charge is 0.409 e. The SMILES string of the molecule is CCOC(=O)N1CCN(c2ccc(C(C)O)cc2Cl)CC1. The molecule has 0 aromatic heterocycles. The van der Waals surface area contributed by atoms with E-state index >= 15 is 0 Å². The molecule has 0 radical (unpaired) electrons. The van der Waals surface area contributed by atoms with Gasteiger partial charge in [-0.3, -0.25) is 0 Å². The van der Waals surface area contributed by atoms with Crippen LogP contribution in [0.25, 0.3) is 0 Å². The van der Waals surface area contributed by atoms with Crippen LogP contribution in [0.2, 0.25) is 5.02 Å². The molecule has 1 atom stereocenters. The van der Waals surface area contributed by atoms with E-state index < -0.39 is 6.10 Å². The number of rotatable bonds is 3. The van der Waals surface area contributed by atoms with Crippen molar-refractivity contribution in [2.75, 3.05) is 37.7 Å². The molecule has 1 aliphatic heterocycles. The van der Waals surface area contributed by atoms with E-state index in [0.717, 1.165) is 11.3 Å². The van der Waals surface area contributed by atoms with E-state index in [1.807, 2.05) is 12.1 Å². The number of aliphatic hydroxyl groups excluding tert-OH is 1. The maximum Gasteiger partial charge on any atom is 0.409 e. The third-order valence-corrected chi connectivity index (χ3v) is 3.90. The quantitative estimate of drug-likeness (QED) is 0.932. The molecule has 0 aliphatic carbocycles. The molecule has 1 N–H and O–H groups in total. The number of piperazine rings is 1. The molecule has 1 aromatic carbocycles. The summed E-state index contributed by atoms with van der Waals surface area (Å²) in [4.78, 5) is 15.5. The molecular weight excluding hydrogens is 292 g/mol. The molecule has 1 heterocycles. The van der Waals surface area contributed by atoms with Crippen LogP contribution in [-0.4, -0.2) is 48.9 Å². The average molecular weight is 313 g/mol. The summed E-state index contributed by atoms with van der Waals surface area (Å²) in [5.41, 5.74) is 1.73. The minimum atomic E-state index is -0.530. The van der Waals surface area contributed by atoms with Crippen LogP contribution < -0.4 is 4.90 Å². The highest BCUT2D eigenvalue weighted by atomic mass is 35.5. The Hall–Kier alpha value is -1.46. The molecule has 0 bridgehead atoms. The molecule has 2 rings (SSSR count). The number of hydrogen-bond donors (Lipinski definition) is 1. The molecule has 5 nitrogen and oxygen atoms in total. The van der Waals surface area contributed by atoms with Gasteiger partial charge in [-0.25, -0.2) is 4.79 Å². The van der Waals surface area contributed by atoms with Crippen LogP contribution in [0.5, 0.6) is 0 Å². The van der Waals surface area contributed by atoms with Crippen LogP contribution >= 0.6 is 11.6 Å². The monoisotopic (exact) mass is 312 g/mol. The lowest BCUT2D eigenvalue weighted by Crippen LogP contribution is -2.49. The Bertz CT molecular complexity index is 500. The molecule has 116 valence electrons. The van der Waals surface area contributed by atoms with Gasteiger partial charge in [0, 0.05) is 26.2 Å². The number of nitrogens with zero attached hydrogens (tertiary/aromatic N) is 2. The molecular formula is C15H21ClN2O3. The normalized spacial score (nSPS) is 16.8. The number of carbonyl (C=O) groups excluding carboxylic acids is 1. The number of amides is 1. The van der Waals surface area contributed by atoms with Gasteiger partial charge < -0.3 is 19.6 Å². The summed E-state index contributed by atoms with van der Waals surface area (Å²) in [6, 6.07) is 5.59. The molecule has 1 aromatic rings. The number of ether oxygens (including phenoxy) is 1. The fourth-order valence-corrected chi connectivity index (χ4v) is 2.69. The van der Waals surface area contributed by atoms with Crippen molar-refractivity contribution in [3.63, 3.8) is 0 Å². The molecule has 1 fully saturated rings. The second-order valence-corrected chi connectivity index (χ2v) is 5.47. The van der Waals surface area contributed by atoms with Crippen molar-refractivity contribution < 1.29 is 14.6 Å². The number of anilines is 1. The first-order chi connectivity index (χ1) is 10.0. The van der Waals surface area contributed by atoms with Crippen molar-refractivity contribution in [2.24, 2.45) is 0 Å². The van der Waals surface area contributed by atoms with E-state index in [-0.39, 0.29) is 6.09 Å². The maximum absolute atomic E-state index is 11.7. The lowest BCUT2D eigenvalue weighted by molar-refractivity contribution is 0.105. The van der Waals surface area contributed by atoms with E-state index in [9.17, 15) is 9.90 Å². The van der Waals surface area contributed by atoms with Gasteiger partial charge in [-0.15, -0.1) is 0 Å². The Labute approximate surface area is 130 Å². The highest BCUT2D eigenvalue weighted by Crippen LogP contribution is 2.29. The van der Waals surface area contributed by atoms with E-state index in [4.69, 9.17) is 16.3 Å². The van der Waals surface area contributed by atoms with E-state index in [2.05, 4.69) is 4.90 Å². The summed E-state index contributed by atoms with van der Waals surface area (Å²) in [6.45, 7) is 6.58. The Morgan fingerprint density at radius 2 is 2.05 bits per heavy atom. The van der Waals surface area contributed by atoms with Gasteiger partial charge in [0.25, 0.3) is 0 Å². The van der Waals surface area contributed by atoms with Crippen molar-refractivity contribution in [1.82, 2.24) is 4.90 Å². The fraction of sp³-hybridized carbons (Fsp3) is 0.533. The van der Waals surface area contributed by atoms with Crippen LogP contribution in [0.15, 0.2) is 18.2 Å². The van der Waals surface area contributed by atoms with Crippen molar-refractivity contribution in [1.29, 1.82) is 0 Å². The van der Waals surface area contributed by atoms with E-state index in [0.29, 0.717) is 37.8 Å². The number of benzene rings is 1. The molecule has 6 heteroatoms. The summed E-state index contributed by atoms with van der Waals surface area (Å²) in [6.07, 6.45) is -0.787. The van der Waals surface area contributed by atoms with Gasteiger partial charge >= 0.3 is 6.09 Å². The lowest BCUT2D eigenvalue weighted by Gasteiger charge is -2.36. The summed E-state index contributed by atoms with van der Waals surface area (Å²) in [5.74, 6) is 0. The molecule has 21 heavy (non-hydrogen) atoms. The van der Waals surface area contributed by atoms with Crippen molar-refractivity contribution in [2.45, 2.75) is 20.0 Å². The molecule has 1 amide bonds. The molecule has 0 saturated carbocycles. The molecule has 1 unspecified atom stereocenters. The Morgan fingerprint density at radius 3 is 2.57 bits per heavy atom. The third-order valence-electron chi connectivity index (χ3n) is 3.60. The number of hydrogen-bond acceptors (Lipinski definition) is 4. The highest BCUT2D eigenvalue weighted by Gasteiger charge is 2.23. The number of aliphatic hydroxyl groups is 1. The van der Waals surface area contributed by atoms with Gasteiger partial charge in [-0.05, 0) is 31.5 Å². The van der Waals surface area contributed by atoms with Gasteiger partial charge in [0.2, 0.25) is 0 Å². The van der Waals surface area contributed by atoms with Crippen LogP contribution in [0.1, 0.15) is 25.5 Å². The zero-order chi connectivity index (χ0) is 15.4. The maximum atomic E-state index is 11.7. The van der Waals surface area contributed by atoms with Crippen LogP contribution in [0, 0.1) is 0 Å². The van der Waals surface area contributed by atoms with Gasteiger partial charge in [0.15, 0.2) is 0 Å². The predicted octanol–water partition coefficient (Wildman–Crippen LogP) is 2.67. The summed E-state index contributed by atoms with van der Waals surface area (Å²) in [5, 5.41) is 10.2. The van der Waals surface area contributed by atoms with Gasteiger partial charge in [0.1, 0.15) is 0 Å². The fourth-order valence-electron chi connectivity index (χ4n) is 2.38. The van der Waals surface area contributed by atoms with Crippen molar-refractivity contribution in [3.8, 4) is 0 Å². The second-order valence-electron chi connectivity index (χ2n) is 5.06. The predicted molar refractivity (Wildman–Crippen MR) is 82.9 cm³/mol. The van der Waals surface area contributed by atoms with Gasteiger partial charge in [0.05, 0.1) is 23.4 Å².